The highest BCUT2D eigenvalue weighted by Gasteiger charge is 2.26. The molecule has 0 aliphatic carbocycles. The number of aliphatic hydroxyl groups is 1. The van der Waals surface area contributed by atoms with E-state index in [2.05, 4.69) is 9.17 Å². The maximum Gasteiger partial charge on any atom is 0.264 e. The second-order valence-electron chi connectivity index (χ2n) is 5.89. The van der Waals surface area contributed by atoms with E-state index in [1.807, 2.05) is 0 Å². The van der Waals surface area contributed by atoms with Gasteiger partial charge in [0, 0.05) is 18.4 Å². The van der Waals surface area contributed by atoms with Gasteiger partial charge in [-0.25, -0.2) is 0 Å². The lowest BCUT2D eigenvalue weighted by molar-refractivity contribution is -0.169. The Hall–Kier alpha value is -1.06. The summed E-state index contributed by atoms with van der Waals surface area (Å²) < 4.78 is 37.8. The van der Waals surface area contributed by atoms with Gasteiger partial charge >= 0.3 is 0 Å². The van der Waals surface area contributed by atoms with Crippen LogP contribution in [0.5, 0.6) is 0 Å². The van der Waals surface area contributed by atoms with E-state index >= 15 is 0 Å². The third-order valence-electron chi connectivity index (χ3n) is 3.56. The van der Waals surface area contributed by atoms with Crippen LogP contribution in [-0.2, 0) is 36.0 Å². The number of hydrogen-bond donors (Lipinski definition) is 1. The molecule has 1 fully saturated rings. The van der Waals surface area contributed by atoms with Crippen molar-refractivity contribution in [1.29, 1.82) is 0 Å². The molecule has 1 aliphatic heterocycles. The normalized spacial score (nSPS) is 21.8. The summed E-state index contributed by atoms with van der Waals surface area (Å²) in [5, 5.41) is 10.3. The van der Waals surface area contributed by atoms with Crippen LogP contribution < -0.4 is 0 Å². The SMILES string of the molecule is C[C@@](O)(COS(C)(=O)=O)c1ccc(COC2CCCCO2)nc1. The van der Waals surface area contributed by atoms with Crippen molar-refractivity contribution in [2.75, 3.05) is 19.5 Å². The number of ether oxygens (including phenoxy) is 2. The largest absolute Gasteiger partial charge is 0.383 e. The van der Waals surface area contributed by atoms with Gasteiger partial charge in [-0.1, -0.05) is 6.07 Å². The highest BCUT2D eigenvalue weighted by Crippen LogP contribution is 2.21. The predicted octanol–water partition coefficient (Wildman–Crippen LogP) is 1.31. The molecule has 130 valence electrons. The molecule has 1 unspecified atom stereocenters. The fraction of sp³-hybridized carbons (Fsp3) is 0.667. The summed E-state index contributed by atoms with van der Waals surface area (Å²) in [6, 6.07) is 3.41. The van der Waals surface area contributed by atoms with E-state index in [1.54, 1.807) is 12.1 Å². The van der Waals surface area contributed by atoms with E-state index in [1.165, 1.54) is 13.1 Å². The molecule has 2 heterocycles. The molecule has 2 atom stereocenters. The minimum absolute atomic E-state index is 0.184. The molecule has 8 heteroatoms. The summed E-state index contributed by atoms with van der Waals surface area (Å²) in [6.07, 6.45) is 5.30. The van der Waals surface area contributed by atoms with E-state index in [9.17, 15) is 13.5 Å². The number of pyridine rings is 1. The summed E-state index contributed by atoms with van der Waals surface area (Å²) >= 11 is 0. The zero-order chi connectivity index (χ0) is 16.9. The van der Waals surface area contributed by atoms with E-state index in [0.29, 0.717) is 17.9 Å². The van der Waals surface area contributed by atoms with Crippen molar-refractivity contribution in [2.45, 2.75) is 44.7 Å². The first kappa shape index (κ1) is 18.3. The molecule has 1 aliphatic rings. The molecule has 0 aromatic carbocycles. The Morgan fingerprint density at radius 3 is 2.78 bits per heavy atom. The second kappa shape index (κ2) is 7.67. The minimum Gasteiger partial charge on any atom is -0.383 e. The van der Waals surface area contributed by atoms with E-state index in [4.69, 9.17) is 9.47 Å². The number of hydrogen-bond acceptors (Lipinski definition) is 7. The van der Waals surface area contributed by atoms with Crippen molar-refractivity contribution in [3.05, 3.63) is 29.6 Å². The first-order valence-corrected chi connectivity index (χ1v) is 9.33. The Kier molecular flexibility index (Phi) is 6.10. The van der Waals surface area contributed by atoms with Crippen molar-refractivity contribution >= 4 is 10.1 Å². The van der Waals surface area contributed by atoms with Crippen LogP contribution in [-0.4, -0.2) is 44.3 Å². The first-order chi connectivity index (χ1) is 10.8. The highest BCUT2D eigenvalue weighted by molar-refractivity contribution is 7.85. The van der Waals surface area contributed by atoms with E-state index in [-0.39, 0.29) is 12.9 Å². The van der Waals surface area contributed by atoms with Crippen LogP contribution in [0.3, 0.4) is 0 Å². The Morgan fingerprint density at radius 2 is 2.22 bits per heavy atom. The Labute approximate surface area is 136 Å². The predicted molar refractivity (Wildman–Crippen MR) is 83.0 cm³/mol. The Morgan fingerprint density at radius 1 is 1.43 bits per heavy atom. The van der Waals surface area contributed by atoms with Gasteiger partial charge in [-0.3, -0.25) is 9.17 Å². The van der Waals surface area contributed by atoms with Crippen molar-refractivity contribution < 1.29 is 27.2 Å². The van der Waals surface area contributed by atoms with Crippen LogP contribution in [0.4, 0.5) is 0 Å². The van der Waals surface area contributed by atoms with Gasteiger partial charge in [-0.05, 0) is 32.3 Å². The van der Waals surface area contributed by atoms with Gasteiger partial charge in [-0.2, -0.15) is 8.42 Å². The number of aromatic nitrogens is 1. The zero-order valence-electron chi connectivity index (χ0n) is 13.4. The quantitative estimate of drug-likeness (QED) is 0.744. The molecule has 0 amide bonds. The van der Waals surface area contributed by atoms with Crippen LogP contribution in [0.1, 0.15) is 37.4 Å². The van der Waals surface area contributed by atoms with Crippen LogP contribution in [0, 0.1) is 0 Å². The summed E-state index contributed by atoms with van der Waals surface area (Å²) in [5.74, 6) is 0. The average molecular weight is 345 g/mol. The van der Waals surface area contributed by atoms with Crippen molar-refractivity contribution in [3.63, 3.8) is 0 Å². The van der Waals surface area contributed by atoms with Gasteiger partial charge in [0.1, 0.15) is 5.60 Å². The molecule has 23 heavy (non-hydrogen) atoms. The summed E-state index contributed by atoms with van der Waals surface area (Å²) in [4.78, 5) is 4.23. The van der Waals surface area contributed by atoms with Gasteiger partial charge in [0.2, 0.25) is 0 Å². The van der Waals surface area contributed by atoms with Gasteiger partial charge in [-0.15, -0.1) is 0 Å². The van der Waals surface area contributed by atoms with Crippen molar-refractivity contribution in [2.24, 2.45) is 0 Å². The van der Waals surface area contributed by atoms with Crippen LogP contribution in [0.25, 0.3) is 0 Å². The standard InChI is InChI=1S/C15H23NO6S/c1-15(17,11-22-23(2,18)19)12-6-7-13(16-9-12)10-21-14-5-3-4-8-20-14/h6-7,9,14,17H,3-5,8,10-11H2,1-2H3/t14?,15-/m1/s1. The van der Waals surface area contributed by atoms with Gasteiger partial charge in [0.05, 0.1) is 25.2 Å². The van der Waals surface area contributed by atoms with Crippen LogP contribution in [0.15, 0.2) is 18.3 Å². The average Bonchev–Trinajstić information content (AvgIpc) is 2.52. The number of rotatable bonds is 7. The fourth-order valence-electron chi connectivity index (χ4n) is 2.15. The summed E-state index contributed by atoms with van der Waals surface area (Å²) in [6.45, 7) is 2.16. The summed E-state index contributed by atoms with van der Waals surface area (Å²) in [5.41, 5.74) is -0.261. The molecule has 2 rings (SSSR count). The first-order valence-electron chi connectivity index (χ1n) is 7.52. The topological polar surface area (TPSA) is 95.0 Å². The maximum atomic E-state index is 11.0. The Balaban J connectivity index is 1.90. The lowest BCUT2D eigenvalue weighted by Crippen LogP contribution is -2.29. The van der Waals surface area contributed by atoms with E-state index in [0.717, 1.165) is 32.1 Å². The second-order valence-corrected chi connectivity index (χ2v) is 7.53. The zero-order valence-corrected chi connectivity index (χ0v) is 14.2. The van der Waals surface area contributed by atoms with Crippen molar-refractivity contribution in [1.82, 2.24) is 4.98 Å². The molecular weight excluding hydrogens is 322 g/mol. The maximum absolute atomic E-state index is 11.0. The Bertz CT molecular complexity index is 593. The molecule has 1 aromatic heterocycles. The smallest absolute Gasteiger partial charge is 0.264 e. The molecule has 7 nitrogen and oxygen atoms in total. The minimum atomic E-state index is -3.61. The lowest BCUT2D eigenvalue weighted by atomic mass is 9.99. The highest BCUT2D eigenvalue weighted by atomic mass is 32.2. The molecule has 0 saturated carbocycles. The third kappa shape index (κ3) is 6.15. The number of nitrogens with zero attached hydrogens (tertiary/aromatic N) is 1. The van der Waals surface area contributed by atoms with Crippen LogP contribution in [0.2, 0.25) is 0 Å². The van der Waals surface area contributed by atoms with Gasteiger partial charge in [0.15, 0.2) is 6.29 Å². The van der Waals surface area contributed by atoms with E-state index < -0.39 is 15.7 Å². The lowest BCUT2D eigenvalue weighted by Gasteiger charge is -2.23. The molecule has 0 bridgehead atoms. The molecule has 0 radical (unpaired) electrons. The fourth-order valence-corrected chi connectivity index (χ4v) is 2.60. The molecule has 0 spiro atoms. The van der Waals surface area contributed by atoms with Crippen LogP contribution >= 0.6 is 0 Å². The molecule has 1 aromatic rings. The molecular formula is C15H23NO6S. The van der Waals surface area contributed by atoms with Crippen molar-refractivity contribution in [3.8, 4) is 0 Å². The van der Waals surface area contributed by atoms with Gasteiger partial charge < -0.3 is 14.6 Å². The van der Waals surface area contributed by atoms with Gasteiger partial charge in [0.25, 0.3) is 10.1 Å². The monoisotopic (exact) mass is 345 g/mol. The molecule has 1 N–H and O–H groups in total. The third-order valence-corrected chi connectivity index (χ3v) is 4.10. The summed E-state index contributed by atoms with van der Waals surface area (Å²) in [7, 11) is -3.61. The molecule has 1 saturated heterocycles.